The molecule has 1 aromatic carbocycles. The van der Waals surface area contributed by atoms with E-state index in [1.54, 1.807) is 12.1 Å². The van der Waals surface area contributed by atoms with Crippen LogP contribution in [0, 0.1) is 11.7 Å². The smallest absolute Gasteiger partial charge is 0.165 e. The van der Waals surface area contributed by atoms with E-state index in [2.05, 4.69) is 12.2 Å². The summed E-state index contributed by atoms with van der Waals surface area (Å²) < 4.78 is 18.3. The minimum absolute atomic E-state index is 0.281. The second-order valence-electron chi connectivity index (χ2n) is 4.20. The lowest BCUT2D eigenvalue weighted by atomic mass is 10.0. The van der Waals surface area contributed by atoms with Crippen LogP contribution in [0.5, 0.6) is 5.75 Å². The highest BCUT2D eigenvalue weighted by atomic mass is 19.1. The zero-order valence-electron chi connectivity index (χ0n) is 9.09. The monoisotopic (exact) mass is 209 g/mol. The number of methoxy groups -OCH3 is 1. The van der Waals surface area contributed by atoms with E-state index in [1.807, 2.05) is 6.07 Å². The molecule has 0 bridgehead atoms. The molecule has 0 radical (unpaired) electrons. The van der Waals surface area contributed by atoms with Crippen LogP contribution < -0.4 is 10.1 Å². The first-order valence-electron chi connectivity index (χ1n) is 5.27. The van der Waals surface area contributed by atoms with Crippen molar-refractivity contribution in [3.05, 3.63) is 29.6 Å². The molecule has 0 amide bonds. The van der Waals surface area contributed by atoms with Crippen molar-refractivity contribution in [1.29, 1.82) is 0 Å². The first-order valence-corrected chi connectivity index (χ1v) is 5.27. The number of ether oxygens (including phenoxy) is 1. The largest absolute Gasteiger partial charge is 0.494 e. The van der Waals surface area contributed by atoms with Crippen molar-refractivity contribution < 1.29 is 9.13 Å². The number of rotatable bonds is 2. The average Bonchev–Trinajstić information content (AvgIpc) is 2.65. The Hall–Kier alpha value is -1.09. The molecule has 82 valence electrons. The van der Waals surface area contributed by atoms with Crippen LogP contribution in [-0.2, 0) is 0 Å². The highest BCUT2D eigenvalue weighted by molar-refractivity contribution is 5.31. The van der Waals surface area contributed by atoms with Crippen molar-refractivity contribution in [3.8, 4) is 5.75 Å². The molecule has 0 aliphatic carbocycles. The maximum Gasteiger partial charge on any atom is 0.165 e. The van der Waals surface area contributed by atoms with Gasteiger partial charge in [0.15, 0.2) is 11.6 Å². The fraction of sp³-hybridized carbons (Fsp3) is 0.500. The highest BCUT2D eigenvalue weighted by Crippen LogP contribution is 2.29. The molecule has 3 heteroatoms. The summed E-state index contributed by atoms with van der Waals surface area (Å²) in [6, 6.07) is 5.47. The predicted molar refractivity (Wildman–Crippen MR) is 57.5 cm³/mol. The second kappa shape index (κ2) is 4.19. The molecule has 1 saturated heterocycles. The van der Waals surface area contributed by atoms with Gasteiger partial charge in [-0.05, 0) is 36.6 Å². The highest BCUT2D eigenvalue weighted by Gasteiger charge is 2.22. The van der Waals surface area contributed by atoms with Crippen molar-refractivity contribution in [2.75, 3.05) is 13.7 Å². The summed E-state index contributed by atoms with van der Waals surface area (Å²) in [5.74, 6) is 0.696. The molecule has 1 N–H and O–H groups in total. The molecule has 0 unspecified atom stereocenters. The van der Waals surface area contributed by atoms with E-state index in [0.29, 0.717) is 17.7 Å². The van der Waals surface area contributed by atoms with E-state index in [9.17, 15) is 4.39 Å². The van der Waals surface area contributed by atoms with Crippen LogP contribution in [0.15, 0.2) is 18.2 Å². The average molecular weight is 209 g/mol. The van der Waals surface area contributed by atoms with Crippen molar-refractivity contribution >= 4 is 0 Å². The first-order chi connectivity index (χ1) is 7.20. The van der Waals surface area contributed by atoms with Gasteiger partial charge >= 0.3 is 0 Å². The topological polar surface area (TPSA) is 21.3 Å². The lowest BCUT2D eigenvalue weighted by Crippen LogP contribution is -2.13. The summed E-state index contributed by atoms with van der Waals surface area (Å²) in [5, 5.41) is 3.38. The normalized spacial score (nSPS) is 25.5. The maximum atomic E-state index is 13.4. The Morgan fingerprint density at radius 2 is 2.27 bits per heavy atom. The van der Waals surface area contributed by atoms with Gasteiger partial charge < -0.3 is 10.1 Å². The molecule has 2 nitrogen and oxygen atoms in total. The molecule has 1 aromatic rings. The van der Waals surface area contributed by atoms with E-state index in [1.165, 1.54) is 7.11 Å². The van der Waals surface area contributed by atoms with E-state index in [-0.39, 0.29) is 5.82 Å². The van der Waals surface area contributed by atoms with Crippen molar-refractivity contribution in [3.63, 3.8) is 0 Å². The Morgan fingerprint density at radius 3 is 2.80 bits per heavy atom. The summed E-state index contributed by atoms with van der Waals surface area (Å²) >= 11 is 0. The Balaban J connectivity index is 2.19. The number of benzene rings is 1. The molecular formula is C12H16FNO. The molecular weight excluding hydrogens is 193 g/mol. The summed E-state index contributed by atoms with van der Waals surface area (Å²) in [7, 11) is 1.48. The zero-order valence-corrected chi connectivity index (χ0v) is 9.09. The molecule has 0 aromatic heterocycles. The summed E-state index contributed by atoms with van der Waals surface area (Å²) in [4.78, 5) is 0. The zero-order chi connectivity index (χ0) is 10.8. The fourth-order valence-corrected chi connectivity index (χ4v) is 2.07. The SMILES string of the molecule is COc1ccc([C@H]2C[C@H](C)CN2)cc1F. The van der Waals surface area contributed by atoms with Gasteiger partial charge in [0.2, 0.25) is 0 Å². The first kappa shape index (κ1) is 10.4. The van der Waals surface area contributed by atoms with E-state index in [4.69, 9.17) is 4.74 Å². The third-order valence-electron chi connectivity index (χ3n) is 2.93. The van der Waals surface area contributed by atoms with E-state index in [0.717, 1.165) is 18.5 Å². The van der Waals surface area contributed by atoms with Gasteiger partial charge in [0.25, 0.3) is 0 Å². The van der Waals surface area contributed by atoms with Crippen LogP contribution in [0.4, 0.5) is 4.39 Å². The molecule has 0 spiro atoms. The van der Waals surface area contributed by atoms with Gasteiger partial charge in [0.1, 0.15) is 0 Å². The van der Waals surface area contributed by atoms with Gasteiger partial charge in [0.05, 0.1) is 7.11 Å². The van der Waals surface area contributed by atoms with Gasteiger partial charge in [0, 0.05) is 6.04 Å². The molecule has 2 atom stereocenters. The molecule has 1 aliphatic rings. The van der Waals surface area contributed by atoms with Crippen LogP contribution in [0.25, 0.3) is 0 Å². The van der Waals surface area contributed by atoms with Crippen LogP contribution >= 0.6 is 0 Å². The summed E-state index contributed by atoms with van der Waals surface area (Å²) in [6.45, 7) is 3.21. The van der Waals surface area contributed by atoms with Gasteiger partial charge in [-0.3, -0.25) is 0 Å². The quantitative estimate of drug-likeness (QED) is 0.808. The number of nitrogens with one attached hydrogen (secondary N) is 1. The molecule has 0 saturated carbocycles. The lowest BCUT2D eigenvalue weighted by molar-refractivity contribution is 0.385. The van der Waals surface area contributed by atoms with Crippen LogP contribution in [0.3, 0.4) is 0 Å². The maximum absolute atomic E-state index is 13.4. The van der Waals surface area contributed by atoms with Crippen LogP contribution in [-0.4, -0.2) is 13.7 Å². The third-order valence-corrected chi connectivity index (χ3v) is 2.93. The number of halogens is 1. The minimum atomic E-state index is -0.281. The molecule has 1 aliphatic heterocycles. The second-order valence-corrected chi connectivity index (χ2v) is 4.20. The Morgan fingerprint density at radius 1 is 1.47 bits per heavy atom. The molecule has 15 heavy (non-hydrogen) atoms. The Bertz CT molecular complexity index is 353. The molecule has 1 fully saturated rings. The van der Waals surface area contributed by atoms with Crippen molar-refractivity contribution in [2.45, 2.75) is 19.4 Å². The molecule has 2 rings (SSSR count). The minimum Gasteiger partial charge on any atom is -0.494 e. The fourth-order valence-electron chi connectivity index (χ4n) is 2.07. The Labute approximate surface area is 89.4 Å². The van der Waals surface area contributed by atoms with E-state index < -0.39 is 0 Å². The van der Waals surface area contributed by atoms with Crippen molar-refractivity contribution in [1.82, 2.24) is 5.32 Å². The lowest BCUT2D eigenvalue weighted by Gasteiger charge is -2.11. The standard InChI is InChI=1S/C12H16FNO/c1-8-5-11(14-7-8)9-3-4-12(15-2)10(13)6-9/h3-4,6,8,11,14H,5,7H2,1-2H3/t8-,11+/m0/s1. The Kier molecular flexibility index (Phi) is 2.91. The van der Waals surface area contributed by atoms with Crippen molar-refractivity contribution in [2.24, 2.45) is 5.92 Å². The van der Waals surface area contributed by atoms with Gasteiger partial charge in [-0.1, -0.05) is 13.0 Å². The number of hydrogen-bond donors (Lipinski definition) is 1. The van der Waals surface area contributed by atoms with Crippen LogP contribution in [0.2, 0.25) is 0 Å². The molecule has 1 heterocycles. The van der Waals surface area contributed by atoms with E-state index >= 15 is 0 Å². The number of hydrogen-bond acceptors (Lipinski definition) is 2. The summed E-state index contributed by atoms with van der Waals surface area (Å²) in [5.41, 5.74) is 1.01. The third kappa shape index (κ3) is 2.12. The van der Waals surface area contributed by atoms with Gasteiger partial charge in [-0.25, -0.2) is 4.39 Å². The van der Waals surface area contributed by atoms with Gasteiger partial charge in [-0.15, -0.1) is 0 Å². The summed E-state index contributed by atoms with van der Waals surface area (Å²) in [6.07, 6.45) is 1.08. The van der Waals surface area contributed by atoms with Gasteiger partial charge in [-0.2, -0.15) is 0 Å². The predicted octanol–water partition coefficient (Wildman–Crippen LogP) is 2.50. The van der Waals surface area contributed by atoms with Crippen LogP contribution in [0.1, 0.15) is 24.9 Å².